The standard InChI is InChI=1S/C18H15N5O/c24-18(20-13-4-2-1-3-5-13)11-17-21-15-7-6-14(10-16(15)22-17)23-9-8-19-12-23/h1-10,12H,11H2,(H,20,24)(H,21,22). The molecule has 1 amide bonds. The summed E-state index contributed by atoms with van der Waals surface area (Å²) in [6.07, 6.45) is 5.55. The number of aromatic amines is 1. The van der Waals surface area contributed by atoms with Crippen LogP contribution in [0.3, 0.4) is 0 Å². The van der Waals surface area contributed by atoms with Crippen molar-refractivity contribution in [1.29, 1.82) is 0 Å². The van der Waals surface area contributed by atoms with Crippen molar-refractivity contribution < 1.29 is 4.79 Å². The molecule has 2 N–H and O–H groups in total. The van der Waals surface area contributed by atoms with Crippen molar-refractivity contribution in [3.63, 3.8) is 0 Å². The molecule has 24 heavy (non-hydrogen) atoms. The Morgan fingerprint density at radius 3 is 2.83 bits per heavy atom. The Balaban J connectivity index is 1.53. The van der Waals surface area contributed by atoms with Crippen LogP contribution < -0.4 is 5.32 Å². The zero-order valence-corrected chi connectivity index (χ0v) is 12.8. The Bertz CT molecular complexity index is 973. The van der Waals surface area contributed by atoms with Crippen molar-refractivity contribution in [3.05, 3.63) is 73.1 Å². The van der Waals surface area contributed by atoms with E-state index in [9.17, 15) is 4.79 Å². The number of para-hydroxylation sites is 1. The van der Waals surface area contributed by atoms with Gasteiger partial charge >= 0.3 is 0 Å². The number of carbonyl (C=O) groups is 1. The van der Waals surface area contributed by atoms with Crippen LogP contribution in [0.15, 0.2) is 67.3 Å². The second-order valence-electron chi connectivity index (χ2n) is 5.45. The van der Waals surface area contributed by atoms with Gasteiger partial charge in [0.15, 0.2) is 0 Å². The summed E-state index contributed by atoms with van der Waals surface area (Å²) in [5.41, 5.74) is 3.50. The first-order chi connectivity index (χ1) is 11.8. The average molecular weight is 317 g/mol. The van der Waals surface area contributed by atoms with Gasteiger partial charge < -0.3 is 14.9 Å². The lowest BCUT2D eigenvalue weighted by Crippen LogP contribution is -2.15. The number of amides is 1. The number of fused-ring (bicyclic) bond motifs is 1. The summed E-state index contributed by atoms with van der Waals surface area (Å²) in [6, 6.07) is 15.3. The van der Waals surface area contributed by atoms with Crippen LogP contribution in [0, 0.1) is 0 Å². The number of nitrogens with one attached hydrogen (secondary N) is 2. The molecule has 4 rings (SSSR count). The molecule has 0 aliphatic carbocycles. The molecule has 0 aliphatic heterocycles. The first-order valence-electron chi connectivity index (χ1n) is 7.60. The number of hydrogen-bond donors (Lipinski definition) is 2. The number of carbonyl (C=O) groups excluding carboxylic acids is 1. The molecule has 0 saturated carbocycles. The molecule has 2 aromatic heterocycles. The minimum absolute atomic E-state index is 0.102. The van der Waals surface area contributed by atoms with E-state index in [1.54, 1.807) is 12.5 Å². The number of hydrogen-bond acceptors (Lipinski definition) is 3. The van der Waals surface area contributed by atoms with Crippen molar-refractivity contribution >= 4 is 22.6 Å². The van der Waals surface area contributed by atoms with Crippen molar-refractivity contribution in [3.8, 4) is 5.69 Å². The summed E-state index contributed by atoms with van der Waals surface area (Å²) in [5, 5.41) is 2.86. The van der Waals surface area contributed by atoms with Crippen LogP contribution in [0.25, 0.3) is 16.7 Å². The molecule has 2 heterocycles. The SMILES string of the molecule is O=C(Cc1nc2ccc(-n3ccnc3)cc2[nH]1)Nc1ccccc1. The second kappa shape index (κ2) is 6.00. The van der Waals surface area contributed by atoms with Gasteiger partial charge in [0.1, 0.15) is 5.82 Å². The third kappa shape index (κ3) is 2.89. The summed E-state index contributed by atoms with van der Waals surface area (Å²) in [4.78, 5) is 23.9. The minimum atomic E-state index is -0.102. The number of nitrogens with zero attached hydrogens (tertiary/aromatic N) is 3. The first-order valence-corrected chi connectivity index (χ1v) is 7.60. The van der Waals surface area contributed by atoms with E-state index in [-0.39, 0.29) is 12.3 Å². The van der Waals surface area contributed by atoms with E-state index in [0.29, 0.717) is 5.82 Å². The lowest BCUT2D eigenvalue weighted by atomic mass is 10.3. The van der Waals surface area contributed by atoms with Gasteiger partial charge in [-0.3, -0.25) is 4.79 Å². The third-order valence-electron chi connectivity index (χ3n) is 3.70. The molecule has 0 spiro atoms. The van der Waals surface area contributed by atoms with Gasteiger partial charge in [-0.15, -0.1) is 0 Å². The maximum atomic E-state index is 12.1. The highest BCUT2D eigenvalue weighted by atomic mass is 16.1. The molecule has 2 aromatic carbocycles. The number of anilines is 1. The number of benzene rings is 2. The Morgan fingerprint density at radius 1 is 1.17 bits per heavy atom. The van der Waals surface area contributed by atoms with E-state index >= 15 is 0 Å². The van der Waals surface area contributed by atoms with Gasteiger partial charge in [-0.2, -0.15) is 0 Å². The lowest BCUT2D eigenvalue weighted by Gasteiger charge is -2.02. The zero-order valence-electron chi connectivity index (χ0n) is 12.8. The smallest absolute Gasteiger partial charge is 0.231 e. The predicted octanol–water partition coefficient (Wildman–Crippen LogP) is 2.93. The molecule has 0 atom stereocenters. The maximum absolute atomic E-state index is 12.1. The monoisotopic (exact) mass is 317 g/mol. The van der Waals surface area contributed by atoms with Crippen LogP contribution in [0.4, 0.5) is 5.69 Å². The Kier molecular flexibility index (Phi) is 3.55. The third-order valence-corrected chi connectivity index (χ3v) is 3.70. The van der Waals surface area contributed by atoms with Crippen LogP contribution >= 0.6 is 0 Å². The van der Waals surface area contributed by atoms with E-state index in [1.807, 2.05) is 59.3 Å². The molecule has 0 fully saturated rings. The molecule has 6 heteroatoms. The van der Waals surface area contributed by atoms with Crippen LogP contribution in [0.1, 0.15) is 5.82 Å². The first kappa shape index (κ1) is 14.2. The highest BCUT2D eigenvalue weighted by Crippen LogP contribution is 2.17. The van der Waals surface area contributed by atoms with E-state index < -0.39 is 0 Å². The predicted molar refractivity (Wildman–Crippen MR) is 92.0 cm³/mol. The van der Waals surface area contributed by atoms with Crippen LogP contribution in [0.5, 0.6) is 0 Å². The summed E-state index contributed by atoms with van der Waals surface area (Å²) < 4.78 is 1.92. The van der Waals surface area contributed by atoms with Crippen LogP contribution in [-0.2, 0) is 11.2 Å². The molecule has 0 unspecified atom stereocenters. The fourth-order valence-electron chi connectivity index (χ4n) is 2.59. The highest BCUT2D eigenvalue weighted by Gasteiger charge is 2.09. The number of rotatable bonds is 4. The summed E-state index contributed by atoms with van der Waals surface area (Å²) in [5.74, 6) is 0.538. The lowest BCUT2D eigenvalue weighted by molar-refractivity contribution is -0.115. The van der Waals surface area contributed by atoms with Crippen molar-refractivity contribution in [2.75, 3.05) is 5.32 Å². The number of imidazole rings is 2. The quantitative estimate of drug-likeness (QED) is 0.607. The normalized spacial score (nSPS) is 10.8. The molecular formula is C18H15N5O. The molecule has 0 radical (unpaired) electrons. The van der Waals surface area contributed by atoms with Gasteiger partial charge in [0, 0.05) is 23.8 Å². The second-order valence-corrected chi connectivity index (χ2v) is 5.45. The van der Waals surface area contributed by atoms with Crippen molar-refractivity contribution in [1.82, 2.24) is 19.5 Å². The average Bonchev–Trinajstić information content (AvgIpc) is 3.24. The van der Waals surface area contributed by atoms with Crippen LogP contribution in [-0.4, -0.2) is 25.4 Å². The molecule has 118 valence electrons. The van der Waals surface area contributed by atoms with Gasteiger partial charge in [0.25, 0.3) is 0 Å². The number of H-pyrrole nitrogens is 1. The number of aromatic nitrogens is 4. The molecule has 4 aromatic rings. The van der Waals surface area contributed by atoms with E-state index in [0.717, 1.165) is 22.4 Å². The van der Waals surface area contributed by atoms with Gasteiger partial charge in [-0.05, 0) is 30.3 Å². The van der Waals surface area contributed by atoms with E-state index in [2.05, 4.69) is 20.3 Å². The fraction of sp³-hybridized carbons (Fsp3) is 0.0556. The van der Waals surface area contributed by atoms with Crippen molar-refractivity contribution in [2.24, 2.45) is 0 Å². The minimum Gasteiger partial charge on any atom is -0.341 e. The van der Waals surface area contributed by atoms with Gasteiger partial charge in [0.2, 0.25) is 5.91 Å². The summed E-state index contributed by atoms with van der Waals surface area (Å²) in [7, 11) is 0. The molecule has 0 saturated heterocycles. The topological polar surface area (TPSA) is 75.6 Å². The highest BCUT2D eigenvalue weighted by molar-refractivity contribution is 5.92. The maximum Gasteiger partial charge on any atom is 0.231 e. The van der Waals surface area contributed by atoms with E-state index in [1.165, 1.54) is 0 Å². The fourth-order valence-corrected chi connectivity index (χ4v) is 2.59. The summed E-state index contributed by atoms with van der Waals surface area (Å²) >= 11 is 0. The zero-order chi connectivity index (χ0) is 16.4. The Morgan fingerprint density at radius 2 is 2.04 bits per heavy atom. The molecular weight excluding hydrogens is 302 g/mol. The van der Waals surface area contributed by atoms with Crippen LogP contribution in [0.2, 0.25) is 0 Å². The summed E-state index contributed by atoms with van der Waals surface area (Å²) in [6.45, 7) is 0. The molecule has 6 nitrogen and oxygen atoms in total. The largest absolute Gasteiger partial charge is 0.341 e. The van der Waals surface area contributed by atoms with Crippen molar-refractivity contribution in [2.45, 2.75) is 6.42 Å². The van der Waals surface area contributed by atoms with Gasteiger partial charge in [-0.1, -0.05) is 18.2 Å². The Labute approximate surface area is 138 Å². The van der Waals surface area contributed by atoms with Gasteiger partial charge in [0.05, 0.1) is 23.8 Å². The van der Waals surface area contributed by atoms with Gasteiger partial charge in [-0.25, -0.2) is 9.97 Å². The molecule has 0 bridgehead atoms. The molecule has 0 aliphatic rings. The van der Waals surface area contributed by atoms with E-state index in [4.69, 9.17) is 0 Å². The Hall–Kier alpha value is -3.41.